The molecule has 8 heteroatoms. The molecule has 0 saturated heterocycles. The largest absolute Gasteiger partial charge is 0.497 e. The number of hydrogen-bond donors (Lipinski definition) is 2. The van der Waals surface area contributed by atoms with E-state index in [1.807, 2.05) is 32.8 Å². The summed E-state index contributed by atoms with van der Waals surface area (Å²) in [5.41, 5.74) is 2.61. The molecule has 1 aromatic heterocycles. The maximum absolute atomic E-state index is 12.7. The Hall–Kier alpha value is -3.03. The van der Waals surface area contributed by atoms with Crippen LogP contribution in [0.1, 0.15) is 47.3 Å². The zero-order valence-corrected chi connectivity index (χ0v) is 19.3. The standard InChI is InChI=1S/C23H33N5O3/c1-14-15(2)24-23(27-21(14)28(3)4)26-18-9-7-17(8-10-18)25-22(29)16-11-19(30-5)13-20(12-16)31-6/h11-13,17-18H,7-10H2,1-6H3,(H,25,29)(H,24,26,27)/t17-,18+. The van der Waals surface area contributed by atoms with Gasteiger partial charge in [0.15, 0.2) is 0 Å². The number of hydrogen-bond acceptors (Lipinski definition) is 7. The number of aryl methyl sites for hydroxylation is 1. The summed E-state index contributed by atoms with van der Waals surface area (Å²) < 4.78 is 10.5. The van der Waals surface area contributed by atoms with Crippen molar-refractivity contribution in [1.29, 1.82) is 0 Å². The summed E-state index contributed by atoms with van der Waals surface area (Å²) >= 11 is 0. The molecule has 1 amide bonds. The first-order chi connectivity index (χ1) is 14.8. The Morgan fingerprint density at radius 3 is 2.10 bits per heavy atom. The second-order valence-electron chi connectivity index (χ2n) is 8.24. The average Bonchev–Trinajstić information content (AvgIpc) is 2.76. The van der Waals surface area contributed by atoms with Crippen LogP contribution in [0.3, 0.4) is 0 Å². The van der Waals surface area contributed by atoms with E-state index in [1.165, 1.54) is 0 Å². The number of carbonyl (C=O) groups is 1. The molecule has 0 aliphatic heterocycles. The topological polar surface area (TPSA) is 88.6 Å². The summed E-state index contributed by atoms with van der Waals surface area (Å²) in [5, 5.41) is 6.63. The van der Waals surface area contributed by atoms with E-state index in [4.69, 9.17) is 9.47 Å². The molecule has 0 atom stereocenters. The van der Waals surface area contributed by atoms with Gasteiger partial charge in [0.1, 0.15) is 17.3 Å². The van der Waals surface area contributed by atoms with Gasteiger partial charge in [-0.2, -0.15) is 4.98 Å². The number of nitrogens with one attached hydrogen (secondary N) is 2. The Bertz CT molecular complexity index is 901. The number of anilines is 2. The van der Waals surface area contributed by atoms with Crippen molar-refractivity contribution in [2.24, 2.45) is 0 Å². The second-order valence-corrected chi connectivity index (χ2v) is 8.24. The number of nitrogens with zero attached hydrogens (tertiary/aromatic N) is 3. The molecule has 0 bridgehead atoms. The minimum Gasteiger partial charge on any atom is -0.497 e. The van der Waals surface area contributed by atoms with Crippen molar-refractivity contribution in [1.82, 2.24) is 15.3 Å². The van der Waals surface area contributed by atoms with Crippen molar-refractivity contribution in [3.8, 4) is 11.5 Å². The molecule has 8 nitrogen and oxygen atoms in total. The molecular weight excluding hydrogens is 394 g/mol. The molecule has 0 unspecified atom stereocenters. The average molecular weight is 428 g/mol. The first kappa shape index (κ1) is 22.7. The number of rotatable bonds is 7. The van der Waals surface area contributed by atoms with Crippen LogP contribution in [0.2, 0.25) is 0 Å². The monoisotopic (exact) mass is 427 g/mol. The predicted octanol–water partition coefficient (Wildman–Crippen LogP) is 3.33. The lowest BCUT2D eigenvalue weighted by atomic mass is 9.91. The third-order valence-electron chi connectivity index (χ3n) is 5.80. The number of carbonyl (C=O) groups excluding carboxylic acids is 1. The molecule has 2 N–H and O–H groups in total. The van der Waals surface area contributed by atoms with E-state index in [2.05, 4.69) is 20.6 Å². The molecule has 168 valence electrons. The second kappa shape index (κ2) is 9.85. The zero-order valence-electron chi connectivity index (χ0n) is 19.3. The van der Waals surface area contributed by atoms with Crippen LogP contribution in [0.25, 0.3) is 0 Å². The first-order valence-corrected chi connectivity index (χ1v) is 10.6. The maximum atomic E-state index is 12.7. The third kappa shape index (κ3) is 5.57. The molecule has 0 spiro atoms. The Kier molecular flexibility index (Phi) is 7.20. The summed E-state index contributed by atoms with van der Waals surface area (Å²) in [5.74, 6) is 2.69. The predicted molar refractivity (Wildman–Crippen MR) is 123 cm³/mol. The molecular formula is C23H33N5O3. The van der Waals surface area contributed by atoms with Gasteiger partial charge in [-0.05, 0) is 51.7 Å². The molecule has 0 radical (unpaired) electrons. The Morgan fingerprint density at radius 1 is 0.968 bits per heavy atom. The Morgan fingerprint density at radius 2 is 1.55 bits per heavy atom. The summed E-state index contributed by atoms with van der Waals surface area (Å²) in [6.45, 7) is 4.05. The first-order valence-electron chi connectivity index (χ1n) is 10.6. The van der Waals surface area contributed by atoms with Crippen LogP contribution in [0.4, 0.5) is 11.8 Å². The van der Waals surface area contributed by atoms with Gasteiger partial charge >= 0.3 is 0 Å². The highest BCUT2D eigenvalue weighted by atomic mass is 16.5. The molecule has 31 heavy (non-hydrogen) atoms. The third-order valence-corrected chi connectivity index (χ3v) is 5.80. The van der Waals surface area contributed by atoms with Gasteiger partial charge in [-0.1, -0.05) is 0 Å². The quantitative estimate of drug-likeness (QED) is 0.701. The van der Waals surface area contributed by atoms with Gasteiger partial charge in [0, 0.05) is 49.1 Å². The summed E-state index contributed by atoms with van der Waals surface area (Å²) in [7, 11) is 7.13. The molecule has 1 aromatic carbocycles. The Balaban J connectivity index is 1.57. The SMILES string of the molecule is COc1cc(OC)cc(C(=O)N[C@H]2CC[C@@H](Nc3nc(C)c(C)c(N(C)C)n3)CC2)c1. The fourth-order valence-corrected chi connectivity index (χ4v) is 3.89. The van der Waals surface area contributed by atoms with E-state index in [-0.39, 0.29) is 11.9 Å². The minimum absolute atomic E-state index is 0.110. The van der Waals surface area contributed by atoms with Crippen molar-refractivity contribution in [3.05, 3.63) is 35.0 Å². The minimum atomic E-state index is -0.110. The number of aromatic nitrogens is 2. The molecule has 3 rings (SSSR count). The van der Waals surface area contributed by atoms with Gasteiger partial charge in [0.2, 0.25) is 5.95 Å². The van der Waals surface area contributed by atoms with E-state index >= 15 is 0 Å². The van der Waals surface area contributed by atoms with Crippen molar-refractivity contribution in [2.75, 3.05) is 38.5 Å². The van der Waals surface area contributed by atoms with Crippen molar-refractivity contribution < 1.29 is 14.3 Å². The van der Waals surface area contributed by atoms with Crippen LogP contribution in [0.15, 0.2) is 18.2 Å². The molecule has 1 heterocycles. The van der Waals surface area contributed by atoms with Crippen LogP contribution in [-0.4, -0.2) is 56.3 Å². The molecule has 2 aromatic rings. The van der Waals surface area contributed by atoms with Crippen LogP contribution >= 0.6 is 0 Å². The van der Waals surface area contributed by atoms with E-state index in [9.17, 15) is 4.79 Å². The number of benzene rings is 1. The summed E-state index contributed by atoms with van der Waals surface area (Å²) in [6.07, 6.45) is 3.69. The van der Waals surface area contributed by atoms with Crippen LogP contribution < -0.4 is 25.0 Å². The number of ether oxygens (including phenoxy) is 2. The summed E-state index contributed by atoms with van der Waals surface area (Å²) in [4.78, 5) is 24.0. The van der Waals surface area contributed by atoms with Crippen LogP contribution in [0.5, 0.6) is 11.5 Å². The lowest BCUT2D eigenvalue weighted by Crippen LogP contribution is -2.40. The van der Waals surface area contributed by atoms with Gasteiger partial charge in [-0.25, -0.2) is 4.98 Å². The molecule has 1 aliphatic carbocycles. The zero-order chi connectivity index (χ0) is 22.5. The van der Waals surface area contributed by atoms with Crippen molar-refractivity contribution >= 4 is 17.7 Å². The smallest absolute Gasteiger partial charge is 0.251 e. The molecule has 1 fully saturated rings. The van der Waals surface area contributed by atoms with E-state index in [0.29, 0.717) is 29.1 Å². The van der Waals surface area contributed by atoms with Gasteiger partial charge < -0.3 is 25.0 Å². The van der Waals surface area contributed by atoms with Gasteiger partial charge in [-0.3, -0.25) is 4.79 Å². The highest BCUT2D eigenvalue weighted by Gasteiger charge is 2.24. The Labute approximate surface area is 184 Å². The van der Waals surface area contributed by atoms with Gasteiger partial charge in [-0.15, -0.1) is 0 Å². The number of amides is 1. The molecule has 1 aliphatic rings. The lowest BCUT2D eigenvalue weighted by molar-refractivity contribution is 0.0926. The van der Waals surface area contributed by atoms with Crippen LogP contribution in [-0.2, 0) is 0 Å². The van der Waals surface area contributed by atoms with E-state index < -0.39 is 0 Å². The highest BCUT2D eigenvalue weighted by molar-refractivity contribution is 5.95. The van der Waals surface area contributed by atoms with E-state index in [0.717, 1.165) is 42.8 Å². The van der Waals surface area contributed by atoms with Gasteiger partial charge in [0.05, 0.1) is 14.2 Å². The fourth-order valence-electron chi connectivity index (χ4n) is 3.89. The van der Waals surface area contributed by atoms with Crippen molar-refractivity contribution in [3.63, 3.8) is 0 Å². The van der Waals surface area contributed by atoms with E-state index in [1.54, 1.807) is 32.4 Å². The fraction of sp³-hybridized carbons (Fsp3) is 0.522. The maximum Gasteiger partial charge on any atom is 0.251 e. The summed E-state index contributed by atoms with van der Waals surface area (Å²) in [6, 6.07) is 5.64. The normalized spacial score (nSPS) is 18.3. The van der Waals surface area contributed by atoms with Crippen LogP contribution in [0, 0.1) is 13.8 Å². The molecule has 1 saturated carbocycles. The highest BCUT2D eigenvalue weighted by Crippen LogP contribution is 2.26. The lowest BCUT2D eigenvalue weighted by Gasteiger charge is -2.30. The van der Waals surface area contributed by atoms with Crippen molar-refractivity contribution in [2.45, 2.75) is 51.6 Å². The van der Waals surface area contributed by atoms with Gasteiger partial charge in [0.25, 0.3) is 5.91 Å². The number of methoxy groups -OCH3 is 2.